The molecule has 2 aromatic heterocycles. The maximum absolute atomic E-state index is 13.8. The summed E-state index contributed by atoms with van der Waals surface area (Å²) in [6, 6.07) is 0. The van der Waals surface area contributed by atoms with E-state index >= 15 is 0 Å². The Morgan fingerprint density at radius 1 is 1.57 bits per heavy atom. The minimum Gasteiger partial charge on any atom is -0.296 e. The Morgan fingerprint density at radius 2 is 2.35 bits per heavy atom. The molecule has 23 heavy (non-hydrogen) atoms. The predicted molar refractivity (Wildman–Crippen MR) is 75.9 cm³/mol. The van der Waals surface area contributed by atoms with E-state index in [0.717, 1.165) is 4.57 Å². The summed E-state index contributed by atoms with van der Waals surface area (Å²) < 4.78 is 19.3. The van der Waals surface area contributed by atoms with Gasteiger partial charge in [-0.2, -0.15) is 5.21 Å². The van der Waals surface area contributed by atoms with Gasteiger partial charge < -0.3 is 0 Å². The second-order valence-electron chi connectivity index (χ2n) is 4.94. The number of allylic oxidation sites excluding steroid dienone is 2. The highest BCUT2D eigenvalue weighted by molar-refractivity contribution is 5.90. The van der Waals surface area contributed by atoms with E-state index < -0.39 is 11.6 Å². The van der Waals surface area contributed by atoms with E-state index in [2.05, 4.69) is 35.6 Å². The molecule has 2 N–H and O–H groups in total. The van der Waals surface area contributed by atoms with Crippen molar-refractivity contribution < 1.29 is 13.7 Å². The lowest BCUT2D eigenvalue weighted by Gasteiger charge is -2.08. The predicted octanol–water partition coefficient (Wildman–Crippen LogP) is 0.566. The summed E-state index contributed by atoms with van der Waals surface area (Å²) in [5, 5.41) is 18.7. The van der Waals surface area contributed by atoms with Gasteiger partial charge in [-0.1, -0.05) is 23.3 Å². The van der Waals surface area contributed by atoms with Crippen molar-refractivity contribution in [3.05, 3.63) is 28.3 Å². The number of nitrogens with zero attached hydrogens (tertiary/aromatic N) is 5. The Hall–Kier alpha value is -2.85. The third kappa shape index (κ3) is 4.56. The molecular formula is C12H16FN7O3. The maximum Gasteiger partial charge on any atom is 0.441 e. The zero-order valence-electron chi connectivity index (χ0n) is 12.6. The molecule has 2 rings (SSSR count). The summed E-state index contributed by atoms with van der Waals surface area (Å²) in [4.78, 5) is 23.1. The number of rotatable bonds is 7. The van der Waals surface area contributed by atoms with Crippen LogP contribution < -0.4 is 11.1 Å². The molecule has 1 amide bonds. The van der Waals surface area contributed by atoms with Crippen molar-refractivity contribution in [1.29, 1.82) is 0 Å². The van der Waals surface area contributed by atoms with Crippen LogP contribution in [-0.2, 0) is 11.3 Å². The van der Waals surface area contributed by atoms with Crippen LogP contribution in [0.2, 0.25) is 0 Å². The minimum atomic E-state index is -0.709. The van der Waals surface area contributed by atoms with Crippen molar-refractivity contribution in [1.82, 2.24) is 30.3 Å². The molecule has 10 nitrogen and oxygen atoms in total. The fraction of sp³-hybridized carbons (Fsp3) is 0.500. The first-order valence-corrected chi connectivity index (χ1v) is 6.89. The lowest BCUT2D eigenvalue weighted by molar-refractivity contribution is -0.119. The van der Waals surface area contributed by atoms with Crippen molar-refractivity contribution in [3.63, 3.8) is 0 Å². The number of nitrogens with one attached hydrogen (secondary N) is 2. The summed E-state index contributed by atoms with van der Waals surface area (Å²) in [5.41, 5.74) is 0. The molecule has 1 atom stereocenters. The third-order valence-corrected chi connectivity index (χ3v) is 3.17. The van der Waals surface area contributed by atoms with E-state index in [1.807, 2.05) is 0 Å². The van der Waals surface area contributed by atoms with Crippen LogP contribution in [-0.4, -0.2) is 36.3 Å². The second kappa shape index (κ2) is 7.42. The smallest absolute Gasteiger partial charge is 0.296 e. The largest absolute Gasteiger partial charge is 0.441 e. The average Bonchev–Trinajstić information content (AvgIpc) is 3.12. The first-order valence-electron chi connectivity index (χ1n) is 6.89. The first kappa shape index (κ1) is 16.5. The Morgan fingerprint density at radius 3 is 2.96 bits per heavy atom. The van der Waals surface area contributed by atoms with Gasteiger partial charge in [-0.15, -0.1) is 5.10 Å². The zero-order valence-corrected chi connectivity index (χ0v) is 12.6. The average molecular weight is 325 g/mol. The van der Waals surface area contributed by atoms with Gasteiger partial charge >= 0.3 is 5.76 Å². The number of anilines is 1. The quantitative estimate of drug-likeness (QED) is 0.760. The lowest BCUT2D eigenvalue weighted by Crippen LogP contribution is -2.21. The van der Waals surface area contributed by atoms with Gasteiger partial charge in [0.25, 0.3) is 5.95 Å². The van der Waals surface area contributed by atoms with Crippen LogP contribution in [0.15, 0.2) is 21.2 Å². The first-order chi connectivity index (χ1) is 11.0. The van der Waals surface area contributed by atoms with Crippen LogP contribution in [0.25, 0.3) is 0 Å². The Bertz CT molecular complexity index is 734. The molecule has 0 radical (unpaired) electrons. The van der Waals surface area contributed by atoms with E-state index in [9.17, 15) is 14.0 Å². The van der Waals surface area contributed by atoms with Crippen LogP contribution in [0.4, 0.5) is 10.3 Å². The van der Waals surface area contributed by atoms with Gasteiger partial charge in [0.05, 0.1) is 6.54 Å². The molecule has 11 heteroatoms. The van der Waals surface area contributed by atoms with E-state index in [4.69, 9.17) is 0 Å². The molecule has 124 valence electrons. The fourth-order valence-corrected chi connectivity index (χ4v) is 1.80. The molecule has 0 spiro atoms. The van der Waals surface area contributed by atoms with Crippen molar-refractivity contribution in [2.24, 2.45) is 5.92 Å². The van der Waals surface area contributed by atoms with Gasteiger partial charge in [-0.25, -0.2) is 9.18 Å². The summed E-state index contributed by atoms with van der Waals surface area (Å²) in [6.45, 7) is 3.01. The van der Waals surface area contributed by atoms with E-state index in [1.165, 1.54) is 6.08 Å². The number of tetrazole rings is 1. The number of hydrogen-bond donors (Lipinski definition) is 2. The number of aryl methyl sites for hydroxylation is 1. The summed E-state index contributed by atoms with van der Waals surface area (Å²) >= 11 is 0. The molecule has 2 aromatic rings. The van der Waals surface area contributed by atoms with Crippen molar-refractivity contribution in [2.75, 3.05) is 5.32 Å². The number of H-pyrrole nitrogens is 1. The minimum absolute atomic E-state index is 0.0888. The maximum atomic E-state index is 13.8. The topological polar surface area (TPSA) is 132 Å². The Labute approximate surface area is 129 Å². The Kier molecular flexibility index (Phi) is 5.33. The molecule has 0 saturated carbocycles. The fourth-order valence-electron chi connectivity index (χ4n) is 1.80. The normalized spacial score (nSPS) is 13.1. The van der Waals surface area contributed by atoms with E-state index in [-0.39, 0.29) is 24.3 Å². The van der Waals surface area contributed by atoms with Gasteiger partial charge in [0.1, 0.15) is 5.83 Å². The van der Waals surface area contributed by atoms with Crippen molar-refractivity contribution in [2.45, 2.75) is 33.2 Å². The highest BCUT2D eigenvalue weighted by atomic mass is 19.1. The second-order valence-corrected chi connectivity index (χ2v) is 4.94. The van der Waals surface area contributed by atoms with E-state index in [0.29, 0.717) is 18.7 Å². The molecule has 0 aliphatic carbocycles. The highest BCUT2D eigenvalue weighted by Gasteiger charge is 2.14. The third-order valence-electron chi connectivity index (χ3n) is 3.17. The standard InChI is InChI=1S/C12H16FN7O3/c1-7(10(21)14-11-15-18-19-16-11)4-3-5-9(13)6-20-8(2)17-23-12(20)22/h5,7H,3-4,6H2,1-2H3,(H2,14,15,16,18,19,21)/b9-5+/t7-/m0/s1. The summed E-state index contributed by atoms with van der Waals surface area (Å²) in [6.07, 6.45) is 2.09. The number of carbonyl (C=O) groups is 1. The molecular weight excluding hydrogens is 309 g/mol. The molecule has 0 aromatic carbocycles. The molecule has 0 aliphatic rings. The number of carbonyl (C=O) groups excluding carboxylic acids is 1. The van der Waals surface area contributed by atoms with Crippen LogP contribution in [0.3, 0.4) is 0 Å². The SMILES string of the molecule is Cc1noc(=O)n1C/C(F)=C\CC[C@H](C)C(=O)Nc1nn[nH]n1. The lowest BCUT2D eigenvalue weighted by atomic mass is 10.0. The number of hydrogen-bond acceptors (Lipinski definition) is 7. The highest BCUT2D eigenvalue weighted by Crippen LogP contribution is 2.11. The van der Waals surface area contributed by atoms with Crippen LogP contribution >= 0.6 is 0 Å². The monoisotopic (exact) mass is 325 g/mol. The van der Waals surface area contributed by atoms with E-state index in [1.54, 1.807) is 13.8 Å². The molecule has 0 bridgehead atoms. The van der Waals surface area contributed by atoms with Crippen LogP contribution in [0.1, 0.15) is 25.6 Å². The summed E-state index contributed by atoms with van der Waals surface area (Å²) in [5.74, 6) is -1.47. The molecule has 0 saturated heterocycles. The number of aromatic nitrogens is 6. The van der Waals surface area contributed by atoms with Gasteiger partial charge in [-0.3, -0.25) is 19.2 Å². The van der Waals surface area contributed by atoms with Gasteiger partial charge in [0.2, 0.25) is 5.91 Å². The summed E-state index contributed by atoms with van der Waals surface area (Å²) in [7, 11) is 0. The molecule has 0 aliphatic heterocycles. The van der Waals surface area contributed by atoms with Crippen LogP contribution in [0, 0.1) is 12.8 Å². The number of aromatic amines is 1. The zero-order chi connectivity index (χ0) is 16.8. The molecule has 2 heterocycles. The molecule has 0 unspecified atom stereocenters. The van der Waals surface area contributed by atoms with Crippen molar-refractivity contribution in [3.8, 4) is 0 Å². The molecule has 0 fully saturated rings. The van der Waals surface area contributed by atoms with Gasteiger partial charge in [-0.05, 0) is 25.0 Å². The van der Waals surface area contributed by atoms with Gasteiger partial charge in [0, 0.05) is 5.92 Å². The van der Waals surface area contributed by atoms with Crippen LogP contribution in [0.5, 0.6) is 0 Å². The number of halogens is 1. The Balaban J connectivity index is 1.80. The number of amides is 1. The van der Waals surface area contributed by atoms with Gasteiger partial charge in [0.15, 0.2) is 5.82 Å². The van der Waals surface area contributed by atoms with Crippen molar-refractivity contribution >= 4 is 11.9 Å².